The van der Waals surface area contributed by atoms with Gasteiger partial charge in [0.2, 0.25) is 0 Å². The predicted octanol–water partition coefficient (Wildman–Crippen LogP) is 2.27. The van der Waals surface area contributed by atoms with Crippen LogP contribution < -0.4 is 16.6 Å². The van der Waals surface area contributed by atoms with Crippen molar-refractivity contribution in [2.75, 3.05) is 10.7 Å². The third-order valence-corrected chi connectivity index (χ3v) is 3.34. The number of hydrazine groups is 1. The molecule has 1 amide bonds. The van der Waals surface area contributed by atoms with Crippen LogP contribution in [0.1, 0.15) is 10.5 Å². The van der Waals surface area contributed by atoms with Gasteiger partial charge in [0.1, 0.15) is 5.69 Å². The molecule has 0 bridgehead atoms. The first-order valence-corrected chi connectivity index (χ1v) is 6.61. The van der Waals surface area contributed by atoms with Crippen LogP contribution in [0.25, 0.3) is 0 Å². The normalized spacial score (nSPS) is 10.1. The first kappa shape index (κ1) is 14.0. The summed E-state index contributed by atoms with van der Waals surface area (Å²) in [5, 5.41) is 3.34. The molecule has 0 spiro atoms. The minimum absolute atomic E-state index is 0.199. The predicted molar refractivity (Wildman–Crippen MR) is 82.0 cm³/mol. The van der Waals surface area contributed by atoms with Crippen molar-refractivity contribution in [1.82, 2.24) is 9.97 Å². The van der Waals surface area contributed by atoms with Gasteiger partial charge in [0, 0.05) is 8.59 Å². The second-order valence-corrected chi connectivity index (χ2v) is 5.11. The topological polar surface area (TPSA) is 92.9 Å². The molecule has 0 saturated carbocycles. The van der Waals surface area contributed by atoms with Crippen LogP contribution in [-0.2, 0) is 0 Å². The largest absolute Gasteiger partial charge is 0.320 e. The Balaban J connectivity index is 2.15. The molecular formula is C11H9ClIN5O. The molecule has 8 heteroatoms. The van der Waals surface area contributed by atoms with Crippen LogP contribution in [0.3, 0.4) is 0 Å². The van der Waals surface area contributed by atoms with Gasteiger partial charge >= 0.3 is 0 Å². The minimum Gasteiger partial charge on any atom is -0.320 e. The second-order valence-electron chi connectivity index (χ2n) is 3.51. The van der Waals surface area contributed by atoms with Gasteiger partial charge in [0.25, 0.3) is 5.91 Å². The van der Waals surface area contributed by atoms with Gasteiger partial charge in [-0.05, 0) is 40.8 Å². The van der Waals surface area contributed by atoms with Gasteiger partial charge in [-0.25, -0.2) is 15.8 Å². The van der Waals surface area contributed by atoms with E-state index in [1.54, 1.807) is 18.2 Å². The number of carbonyl (C=O) groups excluding carboxylic acids is 1. The van der Waals surface area contributed by atoms with Crippen molar-refractivity contribution in [3.05, 3.63) is 44.9 Å². The van der Waals surface area contributed by atoms with E-state index < -0.39 is 0 Å². The Morgan fingerprint density at radius 3 is 2.68 bits per heavy atom. The quantitative estimate of drug-likeness (QED) is 0.425. The molecule has 1 aromatic carbocycles. The summed E-state index contributed by atoms with van der Waals surface area (Å²) in [7, 11) is 0. The Kier molecular flexibility index (Phi) is 4.51. The number of rotatable bonds is 3. The van der Waals surface area contributed by atoms with E-state index in [4.69, 9.17) is 17.4 Å². The third-order valence-electron chi connectivity index (χ3n) is 2.21. The number of amides is 1. The molecule has 19 heavy (non-hydrogen) atoms. The lowest BCUT2D eigenvalue weighted by molar-refractivity contribution is 0.102. The molecule has 2 rings (SSSR count). The van der Waals surface area contributed by atoms with E-state index in [1.807, 2.05) is 0 Å². The van der Waals surface area contributed by atoms with E-state index in [2.05, 4.69) is 43.3 Å². The number of halogens is 2. The summed E-state index contributed by atoms with van der Waals surface area (Å²) < 4.78 is 0.839. The summed E-state index contributed by atoms with van der Waals surface area (Å²) >= 11 is 7.93. The molecule has 0 atom stereocenters. The number of nitrogens with zero attached hydrogens (tertiary/aromatic N) is 2. The van der Waals surface area contributed by atoms with E-state index in [1.165, 1.54) is 12.4 Å². The first-order valence-electron chi connectivity index (χ1n) is 5.15. The van der Waals surface area contributed by atoms with Gasteiger partial charge in [-0.2, -0.15) is 0 Å². The van der Waals surface area contributed by atoms with Crippen molar-refractivity contribution < 1.29 is 4.79 Å². The van der Waals surface area contributed by atoms with Crippen molar-refractivity contribution in [3.8, 4) is 0 Å². The summed E-state index contributed by atoms with van der Waals surface area (Å²) in [5.74, 6) is 5.20. The van der Waals surface area contributed by atoms with Crippen LogP contribution in [0.4, 0.5) is 11.5 Å². The number of carbonyl (C=O) groups is 1. The zero-order valence-corrected chi connectivity index (χ0v) is 12.4. The smallest absolute Gasteiger partial charge is 0.275 e. The summed E-state index contributed by atoms with van der Waals surface area (Å²) in [6.45, 7) is 0. The Hall–Kier alpha value is -1.45. The van der Waals surface area contributed by atoms with E-state index >= 15 is 0 Å². The van der Waals surface area contributed by atoms with Crippen molar-refractivity contribution in [3.63, 3.8) is 0 Å². The summed E-state index contributed by atoms with van der Waals surface area (Å²) in [6.07, 6.45) is 2.72. The number of nitrogens with two attached hydrogens (primary N) is 1. The molecule has 2 aromatic rings. The van der Waals surface area contributed by atoms with Gasteiger partial charge in [-0.15, -0.1) is 0 Å². The Bertz CT molecular complexity index is 605. The van der Waals surface area contributed by atoms with Gasteiger partial charge in [0.15, 0.2) is 5.82 Å². The van der Waals surface area contributed by atoms with E-state index in [-0.39, 0.29) is 11.6 Å². The van der Waals surface area contributed by atoms with Crippen LogP contribution in [0.15, 0.2) is 30.6 Å². The molecule has 98 valence electrons. The molecule has 0 aliphatic carbocycles. The fraction of sp³-hybridized carbons (Fsp3) is 0. The van der Waals surface area contributed by atoms with Crippen molar-refractivity contribution in [2.24, 2.45) is 5.84 Å². The maximum absolute atomic E-state index is 11.9. The molecule has 1 aromatic heterocycles. The monoisotopic (exact) mass is 389 g/mol. The highest BCUT2D eigenvalue weighted by atomic mass is 127. The standard InChI is InChI=1S/C11H9ClIN5O/c12-6-1-2-8(7(13)3-6)17-11(19)9-4-16-10(18-14)5-15-9/h1-5H,14H2,(H,16,18)(H,17,19). The molecule has 0 aliphatic rings. The van der Waals surface area contributed by atoms with Crippen molar-refractivity contribution in [2.45, 2.75) is 0 Å². The van der Waals surface area contributed by atoms with E-state index in [9.17, 15) is 4.79 Å². The van der Waals surface area contributed by atoms with E-state index in [0.29, 0.717) is 16.5 Å². The van der Waals surface area contributed by atoms with Gasteiger partial charge in [-0.3, -0.25) is 4.79 Å². The number of hydrogen-bond donors (Lipinski definition) is 3. The van der Waals surface area contributed by atoms with Crippen LogP contribution in [-0.4, -0.2) is 15.9 Å². The number of nitrogens with one attached hydrogen (secondary N) is 2. The molecule has 0 fully saturated rings. The summed E-state index contributed by atoms with van der Waals surface area (Å²) in [6, 6.07) is 5.18. The number of benzene rings is 1. The van der Waals surface area contributed by atoms with Gasteiger partial charge < -0.3 is 10.7 Å². The Labute approximate surface area is 127 Å². The highest BCUT2D eigenvalue weighted by molar-refractivity contribution is 14.1. The molecule has 4 N–H and O–H groups in total. The molecule has 0 radical (unpaired) electrons. The molecule has 0 aliphatic heterocycles. The fourth-order valence-electron chi connectivity index (χ4n) is 1.30. The van der Waals surface area contributed by atoms with Crippen molar-refractivity contribution in [1.29, 1.82) is 0 Å². The maximum Gasteiger partial charge on any atom is 0.275 e. The van der Waals surface area contributed by atoms with Crippen LogP contribution in [0.2, 0.25) is 5.02 Å². The first-order chi connectivity index (χ1) is 9.10. The molecule has 0 saturated heterocycles. The SMILES string of the molecule is NNc1cnc(C(=O)Nc2ccc(Cl)cc2I)cn1. The zero-order chi connectivity index (χ0) is 13.8. The zero-order valence-electron chi connectivity index (χ0n) is 9.52. The summed E-state index contributed by atoms with van der Waals surface area (Å²) in [5.41, 5.74) is 3.20. The third kappa shape index (κ3) is 3.52. The minimum atomic E-state index is -0.351. The van der Waals surface area contributed by atoms with Gasteiger partial charge in [-0.1, -0.05) is 11.6 Å². The van der Waals surface area contributed by atoms with Crippen molar-refractivity contribution >= 4 is 51.6 Å². The van der Waals surface area contributed by atoms with Crippen LogP contribution in [0, 0.1) is 3.57 Å². The number of nitrogen functional groups attached to an aromatic ring is 1. The average Bonchev–Trinajstić information content (AvgIpc) is 2.42. The molecule has 6 nitrogen and oxygen atoms in total. The molecule has 0 unspecified atom stereocenters. The number of anilines is 2. The molecular weight excluding hydrogens is 381 g/mol. The highest BCUT2D eigenvalue weighted by Gasteiger charge is 2.10. The van der Waals surface area contributed by atoms with E-state index in [0.717, 1.165) is 3.57 Å². The average molecular weight is 390 g/mol. The van der Waals surface area contributed by atoms with Crippen LogP contribution in [0.5, 0.6) is 0 Å². The lowest BCUT2D eigenvalue weighted by Crippen LogP contribution is -2.16. The lowest BCUT2D eigenvalue weighted by Gasteiger charge is -2.07. The lowest BCUT2D eigenvalue weighted by atomic mass is 10.3. The maximum atomic E-state index is 11.9. The Morgan fingerprint density at radius 2 is 2.11 bits per heavy atom. The second kappa shape index (κ2) is 6.13. The molecule has 1 heterocycles. The fourth-order valence-corrected chi connectivity index (χ4v) is 2.30. The van der Waals surface area contributed by atoms with Gasteiger partial charge in [0.05, 0.1) is 18.1 Å². The number of aromatic nitrogens is 2. The highest BCUT2D eigenvalue weighted by Crippen LogP contribution is 2.22. The summed E-state index contributed by atoms with van der Waals surface area (Å²) in [4.78, 5) is 19.8. The Morgan fingerprint density at radius 1 is 1.32 bits per heavy atom. The van der Waals surface area contributed by atoms with Crippen LogP contribution >= 0.6 is 34.2 Å². The number of hydrogen-bond acceptors (Lipinski definition) is 5.